The van der Waals surface area contributed by atoms with Crippen LogP contribution < -0.4 is 20.1 Å². The lowest BCUT2D eigenvalue weighted by Gasteiger charge is -2.10. The molecular weight excluding hydrogens is 320 g/mol. The summed E-state index contributed by atoms with van der Waals surface area (Å²) in [6.07, 6.45) is 1.59. The van der Waals surface area contributed by atoms with Crippen molar-refractivity contribution in [2.45, 2.75) is 19.7 Å². The molecule has 0 spiro atoms. The van der Waals surface area contributed by atoms with Crippen LogP contribution in [0.4, 0.5) is 13.6 Å². The Morgan fingerprint density at radius 2 is 1.88 bits per heavy atom. The number of carbonyl (C=O) groups is 1. The molecule has 0 unspecified atom stereocenters. The third-order valence-electron chi connectivity index (χ3n) is 3.04. The number of benzene rings is 1. The summed E-state index contributed by atoms with van der Waals surface area (Å²) in [6, 6.07) is 9.24. The molecular formula is C16H17F2N3O3. The van der Waals surface area contributed by atoms with E-state index in [4.69, 9.17) is 4.74 Å². The number of hydrogen-bond acceptors (Lipinski definition) is 4. The quantitative estimate of drug-likeness (QED) is 0.815. The molecule has 1 heterocycles. The van der Waals surface area contributed by atoms with Gasteiger partial charge in [0.15, 0.2) is 0 Å². The van der Waals surface area contributed by atoms with Crippen LogP contribution in [-0.4, -0.2) is 24.7 Å². The Morgan fingerprint density at radius 1 is 1.17 bits per heavy atom. The zero-order valence-electron chi connectivity index (χ0n) is 13.0. The molecule has 0 aliphatic heterocycles. The van der Waals surface area contributed by atoms with Gasteiger partial charge < -0.3 is 20.1 Å². The number of nitrogens with zero attached hydrogens (tertiary/aromatic N) is 1. The van der Waals surface area contributed by atoms with E-state index in [1.165, 1.54) is 19.2 Å². The van der Waals surface area contributed by atoms with Crippen LogP contribution in [-0.2, 0) is 13.1 Å². The first-order valence-electron chi connectivity index (χ1n) is 7.11. The van der Waals surface area contributed by atoms with Crippen molar-refractivity contribution in [1.29, 1.82) is 0 Å². The van der Waals surface area contributed by atoms with Crippen molar-refractivity contribution in [2.24, 2.45) is 0 Å². The van der Waals surface area contributed by atoms with Gasteiger partial charge in [-0.1, -0.05) is 12.1 Å². The number of amides is 2. The number of halogens is 2. The standard InChI is InChI=1S/C16H17F2N3O3/c1-23-14-8-12(5-6-19-14)10-21-16(22)20-9-11-3-2-4-13(7-11)24-15(17)18/h2-8,15H,9-10H2,1H3,(H2,20,21,22). The number of pyridine rings is 1. The minimum absolute atomic E-state index is 0.0496. The van der Waals surface area contributed by atoms with Gasteiger partial charge in [-0.15, -0.1) is 0 Å². The third kappa shape index (κ3) is 5.71. The first kappa shape index (κ1) is 17.5. The lowest BCUT2D eigenvalue weighted by Crippen LogP contribution is -2.34. The molecule has 1 aromatic heterocycles. The van der Waals surface area contributed by atoms with E-state index < -0.39 is 6.61 Å². The van der Waals surface area contributed by atoms with E-state index in [1.54, 1.807) is 30.5 Å². The molecule has 0 aliphatic carbocycles. The zero-order chi connectivity index (χ0) is 17.4. The summed E-state index contributed by atoms with van der Waals surface area (Å²) in [5, 5.41) is 5.32. The van der Waals surface area contributed by atoms with Gasteiger partial charge in [-0.2, -0.15) is 8.78 Å². The van der Waals surface area contributed by atoms with E-state index >= 15 is 0 Å². The van der Waals surface area contributed by atoms with Gasteiger partial charge >= 0.3 is 12.6 Å². The highest BCUT2D eigenvalue weighted by Gasteiger charge is 2.06. The number of aromatic nitrogens is 1. The summed E-state index contributed by atoms with van der Waals surface area (Å²) in [4.78, 5) is 15.8. The minimum Gasteiger partial charge on any atom is -0.481 e. The summed E-state index contributed by atoms with van der Waals surface area (Å²) < 4.78 is 33.6. The summed E-state index contributed by atoms with van der Waals surface area (Å²) in [5.74, 6) is 0.513. The maximum Gasteiger partial charge on any atom is 0.387 e. The molecule has 2 rings (SSSR count). The SMILES string of the molecule is COc1cc(CNC(=O)NCc2cccc(OC(F)F)c2)ccn1. The molecule has 0 bridgehead atoms. The summed E-state index contributed by atoms with van der Waals surface area (Å²) in [7, 11) is 1.51. The molecule has 2 aromatic rings. The first-order valence-corrected chi connectivity index (χ1v) is 7.11. The average molecular weight is 337 g/mol. The lowest BCUT2D eigenvalue weighted by atomic mass is 10.2. The number of urea groups is 1. The van der Waals surface area contributed by atoms with Gasteiger partial charge in [0.25, 0.3) is 0 Å². The predicted octanol–water partition coefficient (Wildman–Crippen LogP) is 2.69. The van der Waals surface area contributed by atoms with Crippen molar-refractivity contribution in [1.82, 2.24) is 15.6 Å². The maximum absolute atomic E-state index is 12.2. The fraction of sp³-hybridized carbons (Fsp3) is 0.250. The first-order chi connectivity index (χ1) is 11.6. The average Bonchev–Trinajstić information content (AvgIpc) is 2.58. The second-order valence-electron chi connectivity index (χ2n) is 4.77. The van der Waals surface area contributed by atoms with Crippen molar-refractivity contribution in [2.75, 3.05) is 7.11 Å². The van der Waals surface area contributed by atoms with Gasteiger partial charge in [-0.3, -0.25) is 0 Å². The van der Waals surface area contributed by atoms with E-state index in [0.29, 0.717) is 18.0 Å². The highest BCUT2D eigenvalue weighted by atomic mass is 19.3. The Morgan fingerprint density at radius 3 is 2.54 bits per heavy atom. The lowest BCUT2D eigenvalue weighted by molar-refractivity contribution is -0.0498. The fourth-order valence-corrected chi connectivity index (χ4v) is 1.93. The number of alkyl halides is 2. The molecule has 0 atom stereocenters. The number of methoxy groups -OCH3 is 1. The monoisotopic (exact) mass is 337 g/mol. The van der Waals surface area contributed by atoms with Crippen LogP contribution in [0.1, 0.15) is 11.1 Å². The van der Waals surface area contributed by atoms with E-state index in [9.17, 15) is 13.6 Å². The Labute approximate surface area is 137 Å². The van der Waals surface area contributed by atoms with Crippen molar-refractivity contribution >= 4 is 6.03 Å². The van der Waals surface area contributed by atoms with E-state index in [0.717, 1.165) is 5.56 Å². The van der Waals surface area contributed by atoms with Gasteiger partial charge in [0.05, 0.1) is 7.11 Å². The largest absolute Gasteiger partial charge is 0.481 e. The minimum atomic E-state index is -2.88. The molecule has 1 aromatic carbocycles. The molecule has 0 aliphatic rings. The van der Waals surface area contributed by atoms with Crippen LogP contribution in [0.25, 0.3) is 0 Å². The molecule has 0 fully saturated rings. The topological polar surface area (TPSA) is 72.5 Å². The van der Waals surface area contributed by atoms with E-state index in [-0.39, 0.29) is 18.3 Å². The normalized spacial score (nSPS) is 10.3. The fourth-order valence-electron chi connectivity index (χ4n) is 1.93. The van der Waals surface area contributed by atoms with Crippen LogP contribution in [0, 0.1) is 0 Å². The Hall–Kier alpha value is -2.90. The molecule has 0 saturated heterocycles. The Balaban J connectivity index is 1.80. The summed E-state index contributed by atoms with van der Waals surface area (Å²) in [5.41, 5.74) is 1.48. The predicted molar refractivity (Wildman–Crippen MR) is 82.9 cm³/mol. The molecule has 24 heavy (non-hydrogen) atoms. The second-order valence-corrected chi connectivity index (χ2v) is 4.77. The molecule has 0 radical (unpaired) electrons. The van der Waals surface area contributed by atoms with Gasteiger partial charge in [-0.05, 0) is 29.3 Å². The van der Waals surface area contributed by atoms with Crippen molar-refractivity contribution in [3.05, 3.63) is 53.7 Å². The van der Waals surface area contributed by atoms with Crippen LogP contribution in [0.2, 0.25) is 0 Å². The van der Waals surface area contributed by atoms with Crippen LogP contribution in [0.15, 0.2) is 42.6 Å². The van der Waals surface area contributed by atoms with E-state index in [2.05, 4.69) is 20.4 Å². The van der Waals surface area contributed by atoms with Gasteiger partial charge in [0, 0.05) is 25.4 Å². The molecule has 2 N–H and O–H groups in total. The molecule has 2 amide bonds. The Bertz CT molecular complexity index is 683. The highest BCUT2D eigenvalue weighted by molar-refractivity contribution is 5.73. The number of ether oxygens (including phenoxy) is 2. The van der Waals surface area contributed by atoms with Crippen LogP contribution in [0.3, 0.4) is 0 Å². The second kappa shape index (κ2) is 8.66. The highest BCUT2D eigenvalue weighted by Crippen LogP contribution is 2.15. The number of carbonyl (C=O) groups excluding carboxylic acids is 1. The zero-order valence-corrected chi connectivity index (χ0v) is 13.0. The Kier molecular flexibility index (Phi) is 6.30. The molecule has 128 valence electrons. The van der Waals surface area contributed by atoms with Crippen molar-refractivity contribution in [3.8, 4) is 11.6 Å². The van der Waals surface area contributed by atoms with Crippen LogP contribution >= 0.6 is 0 Å². The van der Waals surface area contributed by atoms with Crippen molar-refractivity contribution in [3.63, 3.8) is 0 Å². The smallest absolute Gasteiger partial charge is 0.387 e. The molecule has 8 heteroatoms. The van der Waals surface area contributed by atoms with E-state index in [1.807, 2.05) is 0 Å². The van der Waals surface area contributed by atoms with Gasteiger partial charge in [0.2, 0.25) is 5.88 Å². The van der Waals surface area contributed by atoms with Gasteiger partial charge in [0.1, 0.15) is 5.75 Å². The number of hydrogen-bond donors (Lipinski definition) is 2. The summed E-state index contributed by atoms with van der Waals surface area (Å²) in [6.45, 7) is -2.39. The molecule has 0 saturated carbocycles. The number of nitrogens with one attached hydrogen (secondary N) is 2. The van der Waals surface area contributed by atoms with Crippen LogP contribution in [0.5, 0.6) is 11.6 Å². The summed E-state index contributed by atoms with van der Waals surface area (Å²) >= 11 is 0. The van der Waals surface area contributed by atoms with Crippen molar-refractivity contribution < 1.29 is 23.0 Å². The third-order valence-corrected chi connectivity index (χ3v) is 3.04. The van der Waals surface area contributed by atoms with Gasteiger partial charge in [-0.25, -0.2) is 9.78 Å². The maximum atomic E-state index is 12.2. The number of rotatable bonds is 7. The molecule has 6 nitrogen and oxygen atoms in total.